The van der Waals surface area contributed by atoms with Crippen LogP contribution in [0.5, 0.6) is 0 Å². The second-order valence-corrected chi connectivity index (χ2v) is 5.77. The molecule has 1 aromatic heterocycles. The van der Waals surface area contributed by atoms with Gasteiger partial charge < -0.3 is 10.2 Å². The predicted octanol–water partition coefficient (Wildman–Crippen LogP) is 3.07. The van der Waals surface area contributed by atoms with Crippen molar-refractivity contribution < 1.29 is 8.81 Å². The first-order chi connectivity index (χ1) is 10.2. The summed E-state index contributed by atoms with van der Waals surface area (Å²) >= 11 is 0. The van der Waals surface area contributed by atoms with Gasteiger partial charge in [0.15, 0.2) is 0 Å². The van der Waals surface area contributed by atoms with E-state index in [9.17, 15) is 4.39 Å². The fourth-order valence-electron chi connectivity index (χ4n) is 2.92. The number of nitrogens with two attached hydrogens (primary N) is 1. The highest BCUT2D eigenvalue weighted by atomic mass is 35.5. The first-order valence-electron chi connectivity index (χ1n) is 7.30. The lowest BCUT2D eigenvalue weighted by Gasteiger charge is -2.19. The van der Waals surface area contributed by atoms with Gasteiger partial charge in [0, 0.05) is 24.7 Å². The third kappa shape index (κ3) is 3.66. The van der Waals surface area contributed by atoms with E-state index in [0.717, 1.165) is 37.3 Å². The van der Waals surface area contributed by atoms with E-state index in [1.807, 2.05) is 0 Å². The van der Waals surface area contributed by atoms with Crippen LogP contribution in [0.3, 0.4) is 0 Å². The van der Waals surface area contributed by atoms with Crippen molar-refractivity contribution in [2.24, 2.45) is 11.7 Å². The topological polar surface area (TPSA) is 55.3 Å². The van der Waals surface area contributed by atoms with E-state index >= 15 is 0 Å². The average molecular weight is 326 g/mol. The molecular weight excluding hydrogens is 305 g/mol. The Kier molecular flexibility index (Phi) is 5.56. The molecule has 0 spiro atoms. The van der Waals surface area contributed by atoms with Crippen molar-refractivity contribution in [2.45, 2.75) is 25.9 Å². The van der Waals surface area contributed by atoms with Crippen molar-refractivity contribution in [2.75, 3.05) is 13.1 Å². The second-order valence-electron chi connectivity index (χ2n) is 5.77. The summed E-state index contributed by atoms with van der Waals surface area (Å²) in [7, 11) is 0. The average Bonchev–Trinajstić information content (AvgIpc) is 3.08. The van der Waals surface area contributed by atoms with E-state index in [1.54, 1.807) is 18.4 Å². The van der Waals surface area contributed by atoms with E-state index < -0.39 is 0 Å². The summed E-state index contributed by atoms with van der Waals surface area (Å²) in [4.78, 5) is 6.88. The molecule has 0 radical (unpaired) electrons. The molecule has 1 aliphatic heterocycles. The van der Waals surface area contributed by atoms with Crippen LogP contribution in [0.2, 0.25) is 0 Å². The molecule has 2 heterocycles. The molecule has 22 heavy (non-hydrogen) atoms. The number of likely N-dealkylation sites (tertiary alicyclic amines) is 1. The van der Waals surface area contributed by atoms with Gasteiger partial charge in [-0.2, -0.15) is 0 Å². The van der Waals surface area contributed by atoms with Gasteiger partial charge in [0.1, 0.15) is 12.1 Å². The second kappa shape index (κ2) is 7.22. The SMILES string of the molecule is CC1CC(CN)CN1Cc1coc(-c2ccc(F)cc2)n1.Cl. The van der Waals surface area contributed by atoms with Gasteiger partial charge in [-0.25, -0.2) is 9.37 Å². The number of hydrogen-bond acceptors (Lipinski definition) is 4. The lowest BCUT2D eigenvalue weighted by Crippen LogP contribution is -2.27. The first kappa shape index (κ1) is 16.9. The van der Waals surface area contributed by atoms with Gasteiger partial charge in [-0.15, -0.1) is 12.4 Å². The van der Waals surface area contributed by atoms with E-state index in [1.165, 1.54) is 12.1 Å². The van der Waals surface area contributed by atoms with Gasteiger partial charge in [0.05, 0.1) is 5.69 Å². The number of oxazole rings is 1. The fraction of sp³-hybridized carbons (Fsp3) is 0.438. The number of nitrogens with zero attached hydrogens (tertiary/aromatic N) is 2. The maximum absolute atomic E-state index is 12.9. The van der Waals surface area contributed by atoms with Gasteiger partial charge in [0.25, 0.3) is 0 Å². The molecule has 2 atom stereocenters. The number of aromatic nitrogens is 1. The van der Waals surface area contributed by atoms with Crippen molar-refractivity contribution in [1.29, 1.82) is 0 Å². The number of hydrogen-bond donors (Lipinski definition) is 1. The van der Waals surface area contributed by atoms with Crippen LogP contribution in [-0.4, -0.2) is 29.0 Å². The highest BCUT2D eigenvalue weighted by molar-refractivity contribution is 5.85. The summed E-state index contributed by atoms with van der Waals surface area (Å²) in [6, 6.07) is 6.69. The normalized spacial score (nSPS) is 21.8. The molecule has 1 fully saturated rings. The smallest absolute Gasteiger partial charge is 0.226 e. The molecule has 3 rings (SSSR count). The molecule has 4 nitrogen and oxygen atoms in total. The Morgan fingerprint density at radius 2 is 2.09 bits per heavy atom. The fourth-order valence-corrected chi connectivity index (χ4v) is 2.92. The molecule has 0 aliphatic carbocycles. The molecular formula is C16H21ClFN3O. The van der Waals surface area contributed by atoms with Crippen LogP contribution >= 0.6 is 12.4 Å². The zero-order valence-corrected chi connectivity index (χ0v) is 13.4. The van der Waals surface area contributed by atoms with Crippen molar-refractivity contribution in [1.82, 2.24) is 9.88 Å². The van der Waals surface area contributed by atoms with Crippen molar-refractivity contribution in [3.63, 3.8) is 0 Å². The van der Waals surface area contributed by atoms with Crippen LogP contribution in [-0.2, 0) is 6.54 Å². The van der Waals surface area contributed by atoms with Crippen LogP contribution < -0.4 is 5.73 Å². The Bertz CT molecular complexity index is 602. The number of benzene rings is 1. The maximum atomic E-state index is 12.9. The van der Waals surface area contributed by atoms with Crippen molar-refractivity contribution in [3.8, 4) is 11.5 Å². The van der Waals surface area contributed by atoms with Crippen LogP contribution in [0.15, 0.2) is 34.9 Å². The summed E-state index contributed by atoms with van der Waals surface area (Å²) in [6.45, 7) is 4.73. The minimum Gasteiger partial charge on any atom is -0.444 e. The van der Waals surface area contributed by atoms with Crippen molar-refractivity contribution >= 4 is 12.4 Å². The van der Waals surface area contributed by atoms with Gasteiger partial charge in [0.2, 0.25) is 5.89 Å². The zero-order chi connectivity index (χ0) is 14.8. The standard InChI is InChI=1S/C16H20FN3O.ClH/c1-11-6-12(7-18)8-20(11)9-15-10-21-16(19-15)13-2-4-14(17)5-3-13;/h2-5,10-12H,6-9,18H2,1H3;1H. The molecule has 2 unspecified atom stereocenters. The van der Waals surface area contributed by atoms with Crippen LogP contribution in [0.4, 0.5) is 4.39 Å². The van der Waals surface area contributed by atoms with Gasteiger partial charge in [-0.05, 0) is 50.1 Å². The molecule has 1 aromatic carbocycles. The predicted molar refractivity (Wildman–Crippen MR) is 86.2 cm³/mol. The monoisotopic (exact) mass is 325 g/mol. The summed E-state index contributed by atoms with van der Waals surface area (Å²) in [6.07, 6.45) is 2.82. The first-order valence-corrected chi connectivity index (χ1v) is 7.30. The molecule has 1 aliphatic rings. The maximum Gasteiger partial charge on any atom is 0.226 e. The Balaban J connectivity index is 0.00000176. The van der Waals surface area contributed by atoms with Crippen LogP contribution in [0, 0.1) is 11.7 Å². The Labute approximate surface area is 135 Å². The Morgan fingerprint density at radius 1 is 1.36 bits per heavy atom. The number of halogens is 2. The quantitative estimate of drug-likeness (QED) is 0.938. The van der Waals surface area contributed by atoms with E-state index in [-0.39, 0.29) is 18.2 Å². The Morgan fingerprint density at radius 3 is 2.73 bits per heavy atom. The summed E-state index contributed by atoms with van der Waals surface area (Å²) in [5.41, 5.74) is 7.44. The minimum atomic E-state index is -0.260. The largest absolute Gasteiger partial charge is 0.444 e. The third-order valence-corrected chi connectivity index (χ3v) is 4.13. The van der Waals surface area contributed by atoms with E-state index in [4.69, 9.17) is 10.2 Å². The van der Waals surface area contributed by atoms with E-state index in [2.05, 4.69) is 16.8 Å². The molecule has 2 N–H and O–H groups in total. The molecule has 0 amide bonds. The molecule has 1 saturated heterocycles. The summed E-state index contributed by atoms with van der Waals surface area (Å²) < 4.78 is 18.4. The van der Waals surface area contributed by atoms with E-state index in [0.29, 0.717) is 17.9 Å². The number of rotatable bonds is 4. The van der Waals surface area contributed by atoms with Crippen molar-refractivity contribution in [3.05, 3.63) is 42.0 Å². The highest BCUT2D eigenvalue weighted by Gasteiger charge is 2.28. The van der Waals surface area contributed by atoms with Gasteiger partial charge in [-0.3, -0.25) is 4.90 Å². The van der Waals surface area contributed by atoms with Crippen LogP contribution in [0.1, 0.15) is 19.0 Å². The third-order valence-electron chi connectivity index (χ3n) is 4.13. The Hall–Kier alpha value is -1.43. The highest BCUT2D eigenvalue weighted by Crippen LogP contribution is 2.25. The molecule has 120 valence electrons. The molecule has 6 heteroatoms. The molecule has 0 bridgehead atoms. The van der Waals surface area contributed by atoms with Crippen LogP contribution in [0.25, 0.3) is 11.5 Å². The lowest BCUT2D eigenvalue weighted by atomic mass is 10.1. The van der Waals surface area contributed by atoms with Gasteiger partial charge in [-0.1, -0.05) is 0 Å². The summed E-state index contributed by atoms with van der Waals surface area (Å²) in [5, 5.41) is 0. The molecule has 2 aromatic rings. The molecule has 0 saturated carbocycles. The van der Waals surface area contributed by atoms with Gasteiger partial charge >= 0.3 is 0 Å². The minimum absolute atomic E-state index is 0. The summed E-state index contributed by atoms with van der Waals surface area (Å²) in [5.74, 6) is 0.847. The lowest BCUT2D eigenvalue weighted by molar-refractivity contribution is 0.252. The zero-order valence-electron chi connectivity index (χ0n) is 12.5.